The number of hydrogen-bond acceptors (Lipinski definition) is 4. The summed E-state index contributed by atoms with van der Waals surface area (Å²) in [5.41, 5.74) is 0. The summed E-state index contributed by atoms with van der Waals surface area (Å²) < 4.78 is 4.76. The Bertz CT molecular complexity index is 285. The summed E-state index contributed by atoms with van der Waals surface area (Å²) in [5.74, 6) is -1.58. The summed E-state index contributed by atoms with van der Waals surface area (Å²) >= 11 is 0. The number of rotatable bonds is 7. The van der Waals surface area contributed by atoms with E-state index < -0.39 is 18.0 Å². The molecule has 2 unspecified atom stereocenters. The van der Waals surface area contributed by atoms with Crippen molar-refractivity contribution in [1.29, 1.82) is 0 Å². The second kappa shape index (κ2) is 7.88. The van der Waals surface area contributed by atoms with Crippen LogP contribution in [0, 0.1) is 5.92 Å². The summed E-state index contributed by atoms with van der Waals surface area (Å²) in [6, 6.07) is -0.335. The van der Waals surface area contributed by atoms with Crippen molar-refractivity contribution in [2.24, 2.45) is 5.92 Å². The van der Waals surface area contributed by atoms with E-state index in [0.29, 0.717) is 0 Å². The van der Waals surface area contributed by atoms with Crippen LogP contribution in [0.25, 0.3) is 0 Å². The Hall–Kier alpha value is -1.34. The molecule has 0 aliphatic carbocycles. The fourth-order valence-electron chi connectivity index (χ4n) is 1.50. The number of carboxylic acids is 1. The molecule has 0 aromatic carbocycles. The number of nitrogens with zero attached hydrogens (tertiary/aromatic N) is 2. The lowest BCUT2D eigenvalue weighted by atomic mass is 10.2. The van der Waals surface area contributed by atoms with Crippen LogP contribution in [0.4, 0.5) is 4.79 Å². The third-order valence-electron chi connectivity index (χ3n) is 2.47. The highest BCUT2D eigenvalue weighted by Crippen LogP contribution is 2.02. The first kappa shape index (κ1) is 16.7. The number of aliphatic carboxylic acids is 1. The molecule has 0 heterocycles. The maximum atomic E-state index is 11.8. The van der Waals surface area contributed by atoms with Gasteiger partial charge in [0, 0.05) is 27.7 Å². The molecule has 0 spiro atoms. The molecule has 0 radical (unpaired) electrons. The van der Waals surface area contributed by atoms with Crippen molar-refractivity contribution in [3.63, 3.8) is 0 Å². The molecule has 0 saturated heterocycles. The highest BCUT2D eigenvalue weighted by atomic mass is 16.5. The van der Waals surface area contributed by atoms with E-state index in [9.17, 15) is 14.7 Å². The van der Waals surface area contributed by atoms with Crippen LogP contribution >= 0.6 is 0 Å². The highest BCUT2D eigenvalue weighted by Gasteiger charge is 2.21. The van der Waals surface area contributed by atoms with E-state index in [0.717, 1.165) is 0 Å². The van der Waals surface area contributed by atoms with E-state index in [2.05, 4.69) is 0 Å². The van der Waals surface area contributed by atoms with Crippen LogP contribution in [-0.2, 0) is 9.53 Å². The average molecular weight is 262 g/mol. The largest absolute Gasteiger partial charge is 0.481 e. The molecule has 0 saturated carbocycles. The maximum Gasteiger partial charge on any atom is 0.319 e. The molecular formula is C11H22N2O5. The normalized spacial score (nSPS) is 13.8. The number of amides is 2. The van der Waals surface area contributed by atoms with Gasteiger partial charge < -0.3 is 24.7 Å². The summed E-state index contributed by atoms with van der Waals surface area (Å²) in [4.78, 5) is 25.2. The number of carboxylic acid groups (broad SMARTS) is 1. The molecule has 7 heteroatoms. The van der Waals surface area contributed by atoms with Gasteiger partial charge in [-0.3, -0.25) is 4.79 Å². The van der Waals surface area contributed by atoms with Gasteiger partial charge >= 0.3 is 12.0 Å². The van der Waals surface area contributed by atoms with E-state index >= 15 is 0 Å². The quantitative estimate of drug-likeness (QED) is 0.657. The molecule has 0 rings (SSSR count). The second-order valence-electron chi connectivity index (χ2n) is 4.39. The van der Waals surface area contributed by atoms with Gasteiger partial charge in [-0.05, 0) is 0 Å². The minimum Gasteiger partial charge on any atom is -0.481 e. The van der Waals surface area contributed by atoms with Crippen molar-refractivity contribution in [1.82, 2.24) is 9.80 Å². The van der Waals surface area contributed by atoms with E-state index in [1.165, 1.54) is 30.9 Å². The molecule has 0 aliphatic heterocycles. The van der Waals surface area contributed by atoms with Crippen LogP contribution in [0.3, 0.4) is 0 Å². The SMILES string of the molecule is COCC(O)CN(C)C(=O)N(C)CC(C)C(=O)O. The van der Waals surface area contributed by atoms with Crippen LogP contribution in [0.15, 0.2) is 0 Å². The fourth-order valence-corrected chi connectivity index (χ4v) is 1.50. The van der Waals surface area contributed by atoms with Crippen molar-refractivity contribution in [2.45, 2.75) is 13.0 Å². The van der Waals surface area contributed by atoms with Crippen molar-refractivity contribution in [3.05, 3.63) is 0 Å². The van der Waals surface area contributed by atoms with Crippen LogP contribution in [-0.4, -0.2) is 79.0 Å². The third-order valence-corrected chi connectivity index (χ3v) is 2.47. The third kappa shape index (κ3) is 5.83. The van der Waals surface area contributed by atoms with Gasteiger partial charge in [-0.25, -0.2) is 4.79 Å². The molecular weight excluding hydrogens is 240 g/mol. The van der Waals surface area contributed by atoms with Crippen molar-refractivity contribution in [2.75, 3.05) is 40.9 Å². The van der Waals surface area contributed by atoms with E-state index in [-0.39, 0.29) is 25.7 Å². The van der Waals surface area contributed by atoms with Gasteiger partial charge in [0.15, 0.2) is 0 Å². The first-order valence-corrected chi connectivity index (χ1v) is 5.65. The topological polar surface area (TPSA) is 90.3 Å². The lowest BCUT2D eigenvalue weighted by molar-refractivity contribution is -0.141. The van der Waals surface area contributed by atoms with Crippen molar-refractivity contribution >= 4 is 12.0 Å². The Morgan fingerprint density at radius 2 is 1.72 bits per heavy atom. The summed E-state index contributed by atoms with van der Waals surface area (Å²) in [6.07, 6.45) is -0.755. The molecule has 0 aromatic heterocycles. The van der Waals surface area contributed by atoms with Crippen LogP contribution in [0.2, 0.25) is 0 Å². The zero-order valence-electron chi connectivity index (χ0n) is 11.3. The van der Waals surface area contributed by atoms with Gasteiger partial charge in [0.1, 0.15) is 0 Å². The average Bonchev–Trinajstić information content (AvgIpc) is 2.27. The molecule has 0 bridgehead atoms. The highest BCUT2D eigenvalue weighted by molar-refractivity contribution is 5.75. The molecule has 18 heavy (non-hydrogen) atoms. The van der Waals surface area contributed by atoms with Crippen LogP contribution < -0.4 is 0 Å². The second-order valence-corrected chi connectivity index (χ2v) is 4.39. The van der Waals surface area contributed by atoms with Crippen molar-refractivity contribution < 1.29 is 24.5 Å². The Balaban J connectivity index is 4.23. The zero-order chi connectivity index (χ0) is 14.3. The Morgan fingerprint density at radius 3 is 2.17 bits per heavy atom. The Morgan fingerprint density at radius 1 is 1.22 bits per heavy atom. The summed E-state index contributed by atoms with van der Waals surface area (Å²) in [7, 11) is 4.54. The van der Waals surface area contributed by atoms with Crippen LogP contribution in [0.1, 0.15) is 6.92 Å². The van der Waals surface area contributed by atoms with Gasteiger partial charge in [0.2, 0.25) is 0 Å². The Labute approximate surface area is 107 Å². The van der Waals surface area contributed by atoms with Gasteiger partial charge in [0.05, 0.1) is 25.2 Å². The lowest BCUT2D eigenvalue weighted by Gasteiger charge is -2.27. The van der Waals surface area contributed by atoms with Crippen LogP contribution in [0.5, 0.6) is 0 Å². The van der Waals surface area contributed by atoms with E-state index in [1.54, 1.807) is 7.05 Å². The standard InChI is InChI=1S/C11H22N2O5/c1-8(10(15)16)5-12(2)11(17)13(3)6-9(14)7-18-4/h8-9,14H,5-7H2,1-4H3,(H,15,16). The number of ether oxygens (including phenoxy) is 1. The predicted molar refractivity (Wildman–Crippen MR) is 65.3 cm³/mol. The molecule has 0 aliphatic rings. The predicted octanol–water partition coefficient (Wildman–Crippen LogP) is -0.302. The summed E-state index contributed by atoms with van der Waals surface area (Å²) in [6.45, 7) is 1.94. The Kier molecular flexibility index (Phi) is 7.30. The molecule has 0 fully saturated rings. The molecule has 2 amide bonds. The van der Waals surface area contributed by atoms with Gasteiger partial charge in [-0.15, -0.1) is 0 Å². The number of aliphatic hydroxyl groups excluding tert-OH is 1. The number of carbonyl (C=O) groups is 2. The van der Waals surface area contributed by atoms with E-state index in [4.69, 9.17) is 9.84 Å². The number of aliphatic hydroxyl groups is 1. The number of urea groups is 1. The minimum absolute atomic E-state index is 0.124. The minimum atomic E-state index is -0.947. The molecule has 0 aromatic rings. The molecule has 2 atom stereocenters. The number of methoxy groups -OCH3 is 1. The number of carbonyl (C=O) groups excluding carboxylic acids is 1. The smallest absolute Gasteiger partial charge is 0.319 e. The monoisotopic (exact) mass is 262 g/mol. The molecule has 7 nitrogen and oxygen atoms in total. The maximum absolute atomic E-state index is 11.8. The first-order valence-electron chi connectivity index (χ1n) is 5.65. The van der Waals surface area contributed by atoms with Gasteiger partial charge in [-0.2, -0.15) is 0 Å². The molecule has 106 valence electrons. The number of hydrogen-bond donors (Lipinski definition) is 2. The van der Waals surface area contributed by atoms with E-state index in [1.807, 2.05) is 0 Å². The zero-order valence-corrected chi connectivity index (χ0v) is 11.3. The van der Waals surface area contributed by atoms with Gasteiger partial charge in [-0.1, -0.05) is 6.92 Å². The number of likely N-dealkylation sites (N-methyl/N-ethyl adjacent to an activating group) is 1. The molecule has 2 N–H and O–H groups in total. The summed E-state index contributed by atoms with van der Waals surface area (Å²) in [5, 5.41) is 18.2. The lowest BCUT2D eigenvalue weighted by Crippen LogP contribution is -2.45. The fraction of sp³-hybridized carbons (Fsp3) is 0.818. The first-order chi connectivity index (χ1) is 8.29. The van der Waals surface area contributed by atoms with Gasteiger partial charge in [0.25, 0.3) is 0 Å². The van der Waals surface area contributed by atoms with Crippen molar-refractivity contribution in [3.8, 4) is 0 Å².